The molecule has 90 valence electrons. The average molecular weight is 221 g/mol. The minimum atomic E-state index is -0.409. The van der Waals surface area contributed by atoms with Crippen molar-refractivity contribution >= 4 is 0 Å². The molecule has 0 aliphatic heterocycles. The molecule has 0 aliphatic rings. The molecule has 0 aliphatic carbocycles. The summed E-state index contributed by atoms with van der Waals surface area (Å²) >= 11 is 0. The maximum atomic E-state index is 9.78. The summed E-state index contributed by atoms with van der Waals surface area (Å²) in [5.74, 6) is 0. The van der Waals surface area contributed by atoms with Gasteiger partial charge in [0.1, 0.15) is 0 Å². The van der Waals surface area contributed by atoms with Crippen molar-refractivity contribution in [2.24, 2.45) is 5.41 Å². The van der Waals surface area contributed by atoms with Crippen molar-refractivity contribution < 1.29 is 5.11 Å². The van der Waals surface area contributed by atoms with Crippen molar-refractivity contribution in [2.75, 3.05) is 13.6 Å². The minimum absolute atomic E-state index is 0.311. The van der Waals surface area contributed by atoms with Crippen molar-refractivity contribution in [3.05, 3.63) is 35.4 Å². The second-order valence-corrected chi connectivity index (χ2v) is 5.55. The van der Waals surface area contributed by atoms with Gasteiger partial charge in [-0.15, -0.1) is 0 Å². The molecule has 0 fully saturated rings. The van der Waals surface area contributed by atoms with E-state index in [0.717, 1.165) is 12.0 Å². The van der Waals surface area contributed by atoms with E-state index in [-0.39, 0.29) is 0 Å². The molecule has 0 bridgehead atoms. The molecule has 0 heterocycles. The Bertz CT molecular complexity index is 311. The quantitative estimate of drug-likeness (QED) is 0.819. The van der Waals surface area contributed by atoms with Gasteiger partial charge >= 0.3 is 0 Å². The smallest absolute Gasteiger partial charge is 0.0914 e. The molecular weight excluding hydrogens is 198 g/mol. The second kappa shape index (κ2) is 5.46. The lowest BCUT2D eigenvalue weighted by Gasteiger charge is -2.18. The zero-order chi connectivity index (χ0) is 12.2. The van der Waals surface area contributed by atoms with Crippen molar-refractivity contribution in [3.63, 3.8) is 0 Å². The molecule has 0 amide bonds. The highest BCUT2D eigenvalue weighted by Crippen LogP contribution is 2.21. The van der Waals surface area contributed by atoms with Gasteiger partial charge in [-0.1, -0.05) is 45.0 Å². The van der Waals surface area contributed by atoms with Crippen molar-refractivity contribution in [2.45, 2.75) is 33.3 Å². The fourth-order valence-electron chi connectivity index (χ4n) is 1.78. The highest BCUT2D eigenvalue weighted by Gasteiger charge is 2.12. The lowest BCUT2D eigenvalue weighted by molar-refractivity contribution is 0.178. The van der Waals surface area contributed by atoms with E-state index in [2.05, 4.69) is 38.2 Å². The van der Waals surface area contributed by atoms with Crippen LogP contribution in [0.5, 0.6) is 0 Å². The Morgan fingerprint density at radius 1 is 1.19 bits per heavy atom. The lowest BCUT2D eigenvalue weighted by atomic mass is 9.88. The molecule has 1 atom stereocenters. The molecule has 0 aromatic heterocycles. The van der Waals surface area contributed by atoms with Crippen molar-refractivity contribution in [1.82, 2.24) is 5.32 Å². The van der Waals surface area contributed by atoms with Gasteiger partial charge < -0.3 is 10.4 Å². The molecular formula is C14H23NO. The summed E-state index contributed by atoms with van der Waals surface area (Å²) in [7, 11) is 1.84. The van der Waals surface area contributed by atoms with E-state index in [9.17, 15) is 5.11 Å². The fourth-order valence-corrected chi connectivity index (χ4v) is 1.78. The van der Waals surface area contributed by atoms with Gasteiger partial charge in [0.05, 0.1) is 6.10 Å². The van der Waals surface area contributed by atoms with E-state index < -0.39 is 6.10 Å². The average Bonchev–Trinajstić information content (AvgIpc) is 2.16. The van der Waals surface area contributed by atoms with Gasteiger partial charge in [-0.25, -0.2) is 0 Å². The Morgan fingerprint density at radius 2 is 1.75 bits per heavy atom. The highest BCUT2D eigenvalue weighted by atomic mass is 16.3. The van der Waals surface area contributed by atoms with Crippen LogP contribution in [-0.4, -0.2) is 18.7 Å². The third-order valence-corrected chi connectivity index (χ3v) is 2.50. The third kappa shape index (κ3) is 4.33. The Morgan fingerprint density at radius 3 is 2.19 bits per heavy atom. The van der Waals surface area contributed by atoms with Crippen LogP contribution in [0.25, 0.3) is 0 Å². The van der Waals surface area contributed by atoms with Gasteiger partial charge in [-0.05, 0) is 30.0 Å². The van der Waals surface area contributed by atoms with E-state index in [0.29, 0.717) is 12.0 Å². The summed E-state index contributed by atoms with van der Waals surface area (Å²) in [5.41, 5.74) is 2.62. The molecule has 0 saturated carbocycles. The maximum absolute atomic E-state index is 9.78. The van der Waals surface area contributed by atoms with Gasteiger partial charge in [0.15, 0.2) is 0 Å². The number of benzene rings is 1. The van der Waals surface area contributed by atoms with Crippen molar-refractivity contribution in [1.29, 1.82) is 0 Å². The lowest BCUT2D eigenvalue weighted by Crippen LogP contribution is -2.16. The fraction of sp³-hybridized carbons (Fsp3) is 0.571. The summed E-state index contributed by atoms with van der Waals surface area (Å²) in [6, 6.07) is 8.26. The van der Waals surface area contributed by atoms with Crippen LogP contribution in [-0.2, 0) is 6.42 Å². The first-order chi connectivity index (χ1) is 7.42. The molecule has 0 spiro atoms. The first kappa shape index (κ1) is 13.2. The first-order valence-corrected chi connectivity index (χ1v) is 5.84. The number of nitrogens with one attached hydrogen (secondary N) is 1. The molecule has 0 radical (unpaired) electrons. The number of aliphatic hydroxyl groups excluding tert-OH is 1. The Kier molecular flexibility index (Phi) is 4.51. The van der Waals surface area contributed by atoms with E-state index in [1.807, 2.05) is 19.2 Å². The first-order valence-electron chi connectivity index (χ1n) is 5.84. The van der Waals surface area contributed by atoms with E-state index >= 15 is 0 Å². The van der Waals surface area contributed by atoms with Gasteiger partial charge in [0, 0.05) is 6.54 Å². The van der Waals surface area contributed by atoms with Crippen LogP contribution in [0.4, 0.5) is 0 Å². The summed E-state index contributed by atoms with van der Waals surface area (Å²) in [4.78, 5) is 0. The van der Waals surface area contributed by atoms with Gasteiger partial charge in [0.25, 0.3) is 0 Å². The van der Waals surface area contributed by atoms with E-state index in [4.69, 9.17) is 0 Å². The van der Waals surface area contributed by atoms with Crippen LogP contribution >= 0.6 is 0 Å². The topological polar surface area (TPSA) is 32.3 Å². The normalized spacial score (nSPS) is 13.8. The zero-order valence-electron chi connectivity index (χ0n) is 10.7. The monoisotopic (exact) mass is 221 g/mol. The summed E-state index contributed by atoms with van der Waals surface area (Å²) in [6.07, 6.45) is 0.656. The summed E-state index contributed by atoms with van der Waals surface area (Å²) < 4.78 is 0. The molecule has 1 aromatic rings. The molecule has 2 N–H and O–H groups in total. The molecule has 2 nitrogen and oxygen atoms in total. The van der Waals surface area contributed by atoms with Crippen molar-refractivity contribution in [3.8, 4) is 0 Å². The molecule has 16 heavy (non-hydrogen) atoms. The third-order valence-electron chi connectivity index (χ3n) is 2.50. The van der Waals surface area contributed by atoms with Crippen LogP contribution in [0.1, 0.15) is 38.0 Å². The van der Waals surface area contributed by atoms with Gasteiger partial charge in [0.2, 0.25) is 0 Å². The number of rotatable bonds is 4. The van der Waals surface area contributed by atoms with E-state index in [1.54, 1.807) is 0 Å². The second-order valence-electron chi connectivity index (χ2n) is 5.55. The van der Waals surface area contributed by atoms with Gasteiger partial charge in [-0.3, -0.25) is 0 Å². The predicted octanol–water partition coefficient (Wildman–Crippen LogP) is 2.53. The molecule has 1 unspecified atom stereocenters. The molecule has 0 saturated heterocycles. The highest BCUT2D eigenvalue weighted by molar-refractivity contribution is 5.25. The standard InChI is InChI=1S/C14H23NO/c1-14(2,3)9-11-5-7-12(8-6-11)13(16)10-15-4/h5-8,13,15-16H,9-10H2,1-4H3. The van der Waals surface area contributed by atoms with E-state index in [1.165, 1.54) is 5.56 Å². The maximum Gasteiger partial charge on any atom is 0.0914 e. The Hall–Kier alpha value is -0.860. The minimum Gasteiger partial charge on any atom is -0.387 e. The summed E-state index contributed by atoms with van der Waals surface area (Å²) in [6.45, 7) is 7.29. The molecule has 1 rings (SSSR count). The number of aliphatic hydroxyl groups is 1. The zero-order valence-corrected chi connectivity index (χ0v) is 10.7. The summed E-state index contributed by atoms with van der Waals surface area (Å²) in [5, 5.41) is 12.8. The molecule has 1 aromatic carbocycles. The number of hydrogen-bond acceptors (Lipinski definition) is 2. The number of hydrogen-bond donors (Lipinski definition) is 2. The Balaban J connectivity index is 2.68. The van der Waals surface area contributed by atoms with Crippen LogP contribution in [0.15, 0.2) is 24.3 Å². The van der Waals surface area contributed by atoms with Crippen LogP contribution in [0.3, 0.4) is 0 Å². The van der Waals surface area contributed by atoms with Crippen LogP contribution < -0.4 is 5.32 Å². The SMILES string of the molecule is CNCC(O)c1ccc(CC(C)(C)C)cc1. The van der Waals surface area contributed by atoms with Gasteiger partial charge in [-0.2, -0.15) is 0 Å². The molecule has 2 heteroatoms. The predicted molar refractivity (Wildman–Crippen MR) is 68.5 cm³/mol. The number of likely N-dealkylation sites (N-methyl/N-ethyl adjacent to an activating group) is 1. The van der Waals surface area contributed by atoms with Crippen LogP contribution in [0, 0.1) is 5.41 Å². The largest absolute Gasteiger partial charge is 0.387 e. The Labute approximate surface area is 98.7 Å². The van der Waals surface area contributed by atoms with Crippen LogP contribution in [0.2, 0.25) is 0 Å².